The molecule has 1 aromatic heterocycles. The van der Waals surface area contributed by atoms with E-state index >= 15 is 0 Å². The maximum absolute atomic E-state index is 10.4. The van der Waals surface area contributed by atoms with Crippen LogP contribution < -0.4 is 5.32 Å². The smallest absolute Gasteiger partial charge is 0.305 e. The SMILES string of the molecule is Cc1cnc(NCCC(=O)O)c2ccccc12. The summed E-state index contributed by atoms with van der Waals surface area (Å²) in [4.78, 5) is 14.7. The third-order valence-corrected chi connectivity index (χ3v) is 2.63. The van der Waals surface area contributed by atoms with Crippen molar-refractivity contribution < 1.29 is 9.90 Å². The van der Waals surface area contributed by atoms with E-state index in [0.717, 1.165) is 22.2 Å². The van der Waals surface area contributed by atoms with Crippen molar-refractivity contribution in [2.45, 2.75) is 13.3 Å². The standard InChI is InChI=1S/C13H14N2O2/c1-9-8-15-13(14-7-6-12(16)17)11-5-3-2-4-10(9)11/h2-5,8H,6-7H2,1H3,(H,14,15)(H,16,17). The van der Waals surface area contributed by atoms with Gasteiger partial charge < -0.3 is 10.4 Å². The van der Waals surface area contributed by atoms with Crippen LogP contribution in [0.3, 0.4) is 0 Å². The minimum Gasteiger partial charge on any atom is -0.481 e. The number of carbonyl (C=O) groups is 1. The average molecular weight is 230 g/mol. The first-order valence-electron chi connectivity index (χ1n) is 5.48. The lowest BCUT2D eigenvalue weighted by Crippen LogP contribution is -2.09. The molecule has 0 radical (unpaired) electrons. The molecule has 0 aliphatic rings. The van der Waals surface area contributed by atoms with E-state index in [1.807, 2.05) is 31.2 Å². The molecule has 2 N–H and O–H groups in total. The van der Waals surface area contributed by atoms with Crippen LogP contribution in [0.1, 0.15) is 12.0 Å². The van der Waals surface area contributed by atoms with Crippen molar-refractivity contribution in [2.24, 2.45) is 0 Å². The fourth-order valence-corrected chi connectivity index (χ4v) is 1.76. The van der Waals surface area contributed by atoms with Crippen molar-refractivity contribution in [1.82, 2.24) is 4.98 Å². The van der Waals surface area contributed by atoms with E-state index in [1.54, 1.807) is 6.20 Å². The molecule has 0 aliphatic carbocycles. The van der Waals surface area contributed by atoms with E-state index < -0.39 is 5.97 Å². The highest BCUT2D eigenvalue weighted by molar-refractivity contribution is 5.93. The number of anilines is 1. The first-order chi connectivity index (χ1) is 8.18. The lowest BCUT2D eigenvalue weighted by Gasteiger charge is -2.09. The quantitative estimate of drug-likeness (QED) is 0.846. The Labute approximate surface area is 99.3 Å². The van der Waals surface area contributed by atoms with Crippen LogP contribution in [0.15, 0.2) is 30.5 Å². The van der Waals surface area contributed by atoms with Crippen LogP contribution in [0.25, 0.3) is 10.8 Å². The summed E-state index contributed by atoms with van der Waals surface area (Å²) in [5, 5.41) is 13.8. The zero-order valence-corrected chi connectivity index (χ0v) is 9.60. The molecule has 1 aromatic carbocycles. The van der Waals surface area contributed by atoms with Crippen molar-refractivity contribution in [3.8, 4) is 0 Å². The van der Waals surface area contributed by atoms with Crippen LogP contribution in [-0.2, 0) is 4.79 Å². The highest BCUT2D eigenvalue weighted by Crippen LogP contribution is 2.23. The number of aryl methyl sites for hydroxylation is 1. The number of carboxylic acids is 1. The highest BCUT2D eigenvalue weighted by atomic mass is 16.4. The number of nitrogens with zero attached hydrogens (tertiary/aromatic N) is 1. The number of aromatic nitrogens is 1. The number of pyridine rings is 1. The molecule has 0 saturated carbocycles. The summed E-state index contributed by atoms with van der Waals surface area (Å²) in [6.45, 7) is 2.39. The number of nitrogens with one attached hydrogen (secondary N) is 1. The van der Waals surface area contributed by atoms with E-state index in [9.17, 15) is 4.79 Å². The summed E-state index contributed by atoms with van der Waals surface area (Å²) in [5.41, 5.74) is 1.12. The molecular weight excluding hydrogens is 216 g/mol. The van der Waals surface area contributed by atoms with Gasteiger partial charge in [-0.15, -0.1) is 0 Å². The lowest BCUT2D eigenvalue weighted by atomic mass is 10.1. The summed E-state index contributed by atoms with van der Waals surface area (Å²) in [7, 11) is 0. The maximum Gasteiger partial charge on any atom is 0.305 e. The number of aliphatic carboxylic acids is 1. The molecule has 0 spiro atoms. The molecular formula is C13H14N2O2. The molecule has 1 heterocycles. The summed E-state index contributed by atoms with van der Waals surface area (Å²) < 4.78 is 0. The molecule has 4 heteroatoms. The zero-order chi connectivity index (χ0) is 12.3. The molecule has 0 saturated heterocycles. The van der Waals surface area contributed by atoms with Gasteiger partial charge in [0.2, 0.25) is 0 Å². The molecule has 0 amide bonds. The van der Waals surface area contributed by atoms with Gasteiger partial charge >= 0.3 is 5.97 Å². The maximum atomic E-state index is 10.4. The molecule has 0 bridgehead atoms. The van der Waals surface area contributed by atoms with E-state index in [0.29, 0.717) is 6.54 Å². The van der Waals surface area contributed by atoms with Crippen molar-refractivity contribution >= 4 is 22.6 Å². The van der Waals surface area contributed by atoms with Crippen molar-refractivity contribution in [2.75, 3.05) is 11.9 Å². The number of carboxylic acid groups (broad SMARTS) is 1. The molecule has 4 nitrogen and oxygen atoms in total. The van der Waals surface area contributed by atoms with Gasteiger partial charge in [0.1, 0.15) is 5.82 Å². The number of rotatable bonds is 4. The molecule has 88 valence electrons. The van der Waals surface area contributed by atoms with Gasteiger partial charge in [-0.3, -0.25) is 4.79 Å². The van der Waals surface area contributed by atoms with Crippen LogP contribution in [-0.4, -0.2) is 22.6 Å². The second-order valence-electron chi connectivity index (χ2n) is 3.91. The van der Waals surface area contributed by atoms with E-state index in [4.69, 9.17) is 5.11 Å². The second kappa shape index (κ2) is 4.82. The number of fused-ring (bicyclic) bond motifs is 1. The molecule has 0 aliphatic heterocycles. The largest absolute Gasteiger partial charge is 0.481 e. The summed E-state index contributed by atoms with van der Waals surface area (Å²) in [5.74, 6) is -0.0682. The molecule has 2 rings (SSSR count). The van der Waals surface area contributed by atoms with Crippen LogP contribution in [0, 0.1) is 6.92 Å². The summed E-state index contributed by atoms with van der Waals surface area (Å²) in [6.07, 6.45) is 1.88. The fraction of sp³-hybridized carbons (Fsp3) is 0.231. The first-order valence-corrected chi connectivity index (χ1v) is 5.48. The third kappa shape index (κ3) is 2.53. The number of hydrogen-bond acceptors (Lipinski definition) is 3. The minimum absolute atomic E-state index is 0.0872. The van der Waals surface area contributed by atoms with Crippen LogP contribution in [0.5, 0.6) is 0 Å². The predicted octanol–water partition coefficient (Wildman–Crippen LogP) is 2.43. The fourth-order valence-electron chi connectivity index (χ4n) is 1.76. The number of hydrogen-bond donors (Lipinski definition) is 2. The van der Waals surface area contributed by atoms with Crippen LogP contribution in [0.4, 0.5) is 5.82 Å². The van der Waals surface area contributed by atoms with Gasteiger partial charge in [-0.2, -0.15) is 0 Å². The van der Waals surface area contributed by atoms with E-state index in [-0.39, 0.29) is 6.42 Å². The Morgan fingerprint density at radius 2 is 2.06 bits per heavy atom. The van der Waals surface area contributed by atoms with Crippen LogP contribution >= 0.6 is 0 Å². The summed E-state index contributed by atoms with van der Waals surface area (Å²) in [6, 6.07) is 7.95. The Balaban J connectivity index is 2.28. The van der Waals surface area contributed by atoms with Crippen molar-refractivity contribution in [1.29, 1.82) is 0 Å². The van der Waals surface area contributed by atoms with Crippen LogP contribution in [0.2, 0.25) is 0 Å². The Hall–Kier alpha value is -2.10. The number of benzene rings is 1. The third-order valence-electron chi connectivity index (χ3n) is 2.63. The molecule has 0 fully saturated rings. The Bertz CT molecular complexity index is 552. The predicted molar refractivity (Wildman–Crippen MR) is 67.2 cm³/mol. The van der Waals surface area contributed by atoms with Gasteiger partial charge in [0.25, 0.3) is 0 Å². The van der Waals surface area contributed by atoms with Gasteiger partial charge in [-0.05, 0) is 17.9 Å². The lowest BCUT2D eigenvalue weighted by molar-refractivity contribution is -0.136. The summed E-state index contributed by atoms with van der Waals surface area (Å²) >= 11 is 0. The first kappa shape index (κ1) is 11.4. The highest BCUT2D eigenvalue weighted by Gasteiger charge is 2.04. The Morgan fingerprint density at radius 1 is 1.35 bits per heavy atom. The van der Waals surface area contributed by atoms with Crippen molar-refractivity contribution in [3.63, 3.8) is 0 Å². The minimum atomic E-state index is -0.811. The van der Waals surface area contributed by atoms with Gasteiger partial charge in [-0.1, -0.05) is 24.3 Å². The molecule has 0 unspecified atom stereocenters. The van der Waals surface area contributed by atoms with E-state index in [1.165, 1.54) is 0 Å². The van der Waals surface area contributed by atoms with Gasteiger partial charge in [0.15, 0.2) is 0 Å². The molecule has 0 atom stereocenters. The topological polar surface area (TPSA) is 62.2 Å². The molecule has 17 heavy (non-hydrogen) atoms. The van der Waals surface area contributed by atoms with E-state index in [2.05, 4.69) is 10.3 Å². The van der Waals surface area contributed by atoms with Gasteiger partial charge in [0, 0.05) is 18.1 Å². The monoisotopic (exact) mass is 230 g/mol. The van der Waals surface area contributed by atoms with Gasteiger partial charge in [-0.25, -0.2) is 4.98 Å². The molecule has 2 aromatic rings. The Kier molecular flexibility index (Phi) is 3.23. The average Bonchev–Trinajstić information content (AvgIpc) is 2.32. The normalized spacial score (nSPS) is 10.4. The van der Waals surface area contributed by atoms with Gasteiger partial charge in [0.05, 0.1) is 6.42 Å². The Morgan fingerprint density at radius 3 is 2.76 bits per heavy atom. The van der Waals surface area contributed by atoms with Crippen molar-refractivity contribution in [3.05, 3.63) is 36.0 Å². The second-order valence-corrected chi connectivity index (χ2v) is 3.91. The zero-order valence-electron chi connectivity index (χ0n) is 9.60.